The number of hydrogen-bond acceptors (Lipinski definition) is 4. The van der Waals surface area contributed by atoms with Crippen LogP contribution in [0.3, 0.4) is 0 Å². The predicted octanol–water partition coefficient (Wildman–Crippen LogP) is 0.417. The van der Waals surface area contributed by atoms with Gasteiger partial charge in [-0.3, -0.25) is 0 Å². The number of aliphatic hydroxyl groups is 1. The van der Waals surface area contributed by atoms with E-state index in [0.717, 1.165) is 11.5 Å². The molecule has 1 saturated heterocycles. The van der Waals surface area contributed by atoms with E-state index >= 15 is 0 Å². The van der Waals surface area contributed by atoms with Crippen molar-refractivity contribution in [2.45, 2.75) is 18.4 Å². The number of thioether (sulfide) groups is 1. The zero-order valence-electron chi connectivity index (χ0n) is 6.50. The number of carbonyl (C=O) groups is 1. The lowest BCUT2D eigenvalue weighted by molar-refractivity contribution is -0.163. The summed E-state index contributed by atoms with van der Waals surface area (Å²) in [6.07, 6.45) is 1.04. The van der Waals surface area contributed by atoms with E-state index in [2.05, 4.69) is 4.74 Å². The summed E-state index contributed by atoms with van der Waals surface area (Å²) in [5, 5.41) is 9.65. The summed E-state index contributed by atoms with van der Waals surface area (Å²) in [6, 6.07) is 0. The molecule has 0 aliphatic carbocycles. The third-order valence-electron chi connectivity index (χ3n) is 1.89. The maximum absolute atomic E-state index is 11.0. The number of rotatable bonds is 1. The maximum atomic E-state index is 11.0. The fraction of sp³-hybridized carbons (Fsp3) is 0.857. The van der Waals surface area contributed by atoms with Gasteiger partial charge in [0.2, 0.25) is 0 Å². The van der Waals surface area contributed by atoms with Gasteiger partial charge >= 0.3 is 5.97 Å². The van der Waals surface area contributed by atoms with Crippen molar-refractivity contribution in [1.82, 2.24) is 0 Å². The summed E-state index contributed by atoms with van der Waals surface area (Å²) in [6.45, 7) is 0. The summed E-state index contributed by atoms with van der Waals surface area (Å²) in [5.41, 5.74) is -1.19. The number of ether oxygens (including phenoxy) is 1. The van der Waals surface area contributed by atoms with Crippen LogP contribution in [0.4, 0.5) is 0 Å². The molecular formula is C7H12O3S. The number of esters is 1. The Balaban J connectivity index is 2.56. The van der Waals surface area contributed by atoms with Crippen LogP contribution in [0.15, 0.2) is 0 Å². The van der Waals surface area contributed by atoms with E-state index in [1.54, 1.807) is 11.8 Å². The van der Waals surface area contributed by atoms with Gasteiger partial charge in [0.1, 0.15) is 0 Å². The van der Waals surface area contributed by atoms with Crippen molar-refractivity contribution >= 4 is 17.7 Å². The highest BCUT2D eigenvalue weighted by Crippen LogP contribution is 2.27. The Hall–Kier alpha value is -0.220. The molecule has 0 spiro atoms. The van der Waals surface area contributed by atoms with Crippen LogP contribution in [0.1, 0.15) is 12.8 Å². The summed E-state index contributed by atoms with van der Waals surface area (Å²) >= 11 is 1.76. The van der Waals surface area contributed by atoms with Crippen molar-refractivity contribution < 1.29 is 14.6 Å². The number of methoxy groups -OCH3 is 1. The molecule has 0 radical (unpaired) electrons. The second kappa shape index (κ2) is 3.45. The summed E-state index contributed by atoms with van der Waals surface area (Å²) in [7, 11) is 1.31. The number of carbonyl (C=O) groups excluding carboxylic acids is 1. The number of hydrogen-bond donors (Lipinski definition) is 1. The highest BCUT2D eigenvalue weighted by atomic mass is 32.2. The molecule has 11 heavy (non-hydrogen) atoms. The van der Waals surface area contributed by atoms with Gasteiger partial charge < -0.3 is 9.84 Å². The largest absolute Gasteiger partial charge is 0.467 e. The van der Waals surface area contributed by atoms with Gasteiger partial charge in [0.15, 0.2) is 5.60 Å². The van der Waals surface area contributed by atoms with Crippen LogP contribution in [0, 0.1) is 0 Å². The van der Waals surface area contributed by atoms with Crippen LogP contribution >= 0.6 is 11.8 Å². The normalized spacial score (nSPS) is 22.7. The van der Waals surface area contributed by atoms with Crippen LogP contribution < -0.4 is 0 Å². The van der Waals surface area contributed by atoms with E-state index in [4.69, 9.17) is 0 Å². The summed E-state index contributed by atoms with van der Waals surface area (Å²) in [4.78, 5) is 11.0. The van der Waals surface area contributed by atoms with Crippen molar-refractivity contribution in [3.8, 4) is 0 Å². The smallest absolute Gasteiger partial charge is 0.337 e. The lowest BCUT2D eigenvalue weighted by Gasteiger charge is -2.28. The van der Waals surface area contributed by atoms with Gasteiger partial charge in [-0.2, -0.15) is 11.8 Å². The first-order chi connectivity index (χ1) is 5.19. The van der Waals surface area contributed by atoms with Crippen molar-refractivity contribution in [2.24, 2.45) is 0 Å². The minimum Gasteiger partial charge on any atom is -0.467 e. The first-order valence-electron chi connectivity index (χ1n) is 3.57. The van der Waals surface area contributed by atoms with Gasteiger partial charge in [0, 0.05) is 0 Å². The van der Waals surface area contributed by atoms with Crippen LogP contribution in [-0.4, -0.2) is 35.3 Å². The Morgan fingerprint density at radius 3 is 2.55 bits per heavy atom. The topological polar surface area (TPSA) is 46.5 Å². The molecule has 3 nitrogen and oxygen atoms in total. The van der Waals surface area contributed by atoms with Crippen LogP contribution in [0.2, 0.25) is 0 Å². The third-order valence-corrected chi connectivity index (χ3v) is 2.87. The molecule has 0 aromatic heterocycles. The lowest BCUT2D eigenvalue weighted by atomic mass is 9.97. The van der Waals surface area contributed by atoms with Gasteiger partial charge in [0.05, 0.1) is 7.11 Å². The fourth-order valence-electron chi connectivity index (χ4n) is 1.10. The molecule has 1 heterocycles. The molecular weight excluding hydrogens is 164 g/mol. The third kappa shape index (κ3) is 1.87. The van der Waals surface area contributed by atoms with Gasteiger partial charge in [-0.1, -0.05) is 0 Å². The minimum atomic E-state index is -1.19. The molecule has 0 bridgehead atoms. The van der Waals surface area contributed by atoms with Crippen LogP contribution in [0.25, 0.3) is 0 Å². The van der Waals surface area contributed by atoms with E-state index in [1.807, 2.05) is 0 Å². The fourth-order valence-corrected chi connectivity index (χ4v) is 2.27. The van der Waals surface area contributed by atoms with E-state index < -0.39 is 11.6 Å². The molecule has 0 aromatic carbocycles. The average Bonchev–Trinajstić information content (AvgIpc) is 2.04. The monoisotopic (exact) mass is 176 g/mol. The SMILES string of the molecule is COC(=O)C1(O)CCSCC1. The molecule has 1 aliphatic rings. The summed E-state index contributed by atoms with van der Waals surface area (Å²) < 4.78 is 4.49. The standard InChI is InChI=1S/C7H12O3S/c1-10-6(8)7(9)2-4-11-5-3-7/h9H,2-5H2,1H3. The van der Waals surface area contributed by atoms with E-state index in [0.29, 0.717) is 12.8 Å². The molecule has 0 atom stereocenters. The Bertz CT molecular complexity index is 152. The Labute approximate surface area is 70.1 Å². The first-order valence-corrected chi connectivity index (χ1v) is 4.73. The van der Waals surface area contributed by atoms with Crippen molar-refractivity contribution in [1.29, 1.82) is 0 Å². The van der Waals surface area contributed by atoms with Crippen LogP contribution in [-0.2, 0) is 9.53 Å². The highest BCUT2D eigenvalue weighted by Gasteiger charge is 2.38. The second-order valence-corrected chi connectivity index (χ2v) is 3.86. The van der Waals surface area contributed by atoms with Crippen molar-refractivity contribution in [2.75, 3.05) is 18.6 Å². The molecule has 1 fully saturated rings. The quantitative estimate of drug-likeness (QED) is 0.588. The zero-order chi connectivity index (χ0) is 8.32. The van der Waals surface area contributed by atoms with Crippen molar-refractivity contribution in [3.63, 3.8) is 0 Å². The Morgan fingerprint density at radius 2 is 2.09 bits per heavy atom. The summed E-state index contributed by atoms with van der Waals surface area (Å²) in [5.74, 6) is 1.19. The van der Waals surface area contributed by atoms with E-state index in [1.165, 1.54) is 7.11 Å². The molecule has 4 heteroatoms. The second-order valence-electron chi connectivity index (χ2n) is 2.64. The maximum Gasteiger partial charge on any atom is 0.337 e. The lowest BCUT2D eigenvalue weighted by Crippen LogP contribution is -2.42. The minimum absolute atomic E-state index is 0.488. The molecule has 1 N–H and O–H groups in total. The Kier molecular flexibility index (Phi) is 2.78. The molecule has 0 saturated carbocycles. The van der Waals surface area contributed by atoms with Crippen LogP contribution in [0.5, 0.6) is 0 Å². The van der Waals surface area contributed by atoms with Gasteiger partial charge in [-0.15, -0.1) is 0 Å². The van der Waals surface area contributed by atoms with Gasteiger partial charge in [-0.05, 0) is 24.3 Å². The molecule has 0 unspecified atom stereocenters. The van der Waals surface area contributed by atoms with Crippen molar-refractivity contribution in [3.05, 3.63) is 0 Å². The van der Waals surface area contributed by atoms with E-state index in [-0.39, 0.29) is 0 Å². The first kappa shape index (κ1) is 8.87. The molecule has 1 aliphatic heterocycles. The average molecular weight is 176 g/mol. The molecule has 64 valence electrons. The van der Waals surface area contributed by atoms with Gasteiger partial charge in [-0.25, -0.2) is 4.79 Å². The highest BCUT2D eigenvalue weighted by molar-refractivity contribution is 7.99. The van der Waals surface area contributed by atoms with E-state index in [9.17, 15) is 9.90 Å². The van der Waals surface area contributed by atoms with Gasteiger partial charge in [0.25, 0.3) is 0 Å². The molecule has 0 amide bonds. The molecule has 1 rings (SSSR count). The molecule has 0 aromatic rings. The predicted molar refractivity (Wildman–Crippen MR) is 43.5 cm³/mol. The Morgan fingerprint density at radius 1 is 1.55 bits per heavy atom. The zero-order valence-corrected chi connectivity index (χ0v) is 7.32.